The quantitative estimate of drug-likeness (QED) is 0.517. The number of benzene rings is 1. The molecule has 22 heavy (non-hydrogen) atoms. The van der Waals surface area contributed by atoms with Gasteiger partial charge in [0.2, 0.25) is 0 Å². The molecule has 0 aliphatic carbocycles. The third-order valence-corrected chi connectivity index (χ3v) is 4.10. The molecule has 1 aromatic carbocycles. The second kappa shape index (κ2) is 10.2. The molecule has 118 valence electrons. The molecule has 0 aliphatic rings. The molecule has 0 unspecified atom stereocenters. The Morgan fingerprint density at radius 2 is 2.00 bits per heavy atom. The molecule has 3 nitrogen and oxygen atoms in total. The van der Waals surface area contributed by atoms with Gasteiger partial charge in [0.15, 0.2) is 0 Å². The van der Waals surface area contributed by atoms with Gasteiger partial charge in [-0.15, -0.1) is 0 Å². The molecule has 1 heterocycles. The summed E-state index contributed by atoms with van der Waals surface area (Å²) < 4.78 is 9.06. The number of hydrogen-bond acceptors (Lipinski definition) is 4. The maximum absolute atomic E-state index is 5.66. The molecule has 0 atom stereocenters. The van der Waals surface area contributed by atoms with Crippen LogP contribution in [-0.4, -0.2) is 18.1 Å². The average molecular weight is 316 g/mol. The molecule has 1 N–H and O–H groups in total. The van der Waals surface area contributed by atoms with Crippen molar-refractivity contribution >= 4 is 11.9 Å². The molecule has 0 radical (unpaired) electrons. The zero-order chi connectivity index (χ0) is 15.5. The zero-order valence-corrected chi connectivity index (χ0v) is 13.9. The van der Waals surface area contributed by atoms with Crippen LogP contribution in [-0.2, 0) is 6.42 Å². The van der Waals surface area contributed by atoms with Crippen molar-refractivity contribution < 1.29 is 4.74 Å². The third kappa shape index (κ3) is 6.50. The van der Waals surface area contributed by atoms with Crippen LogP contribution in [0.5, 0.6) is 5.75 Å². The standard InChI is InChI=1S/C18H24N2OS/c1-2-3-14-21-17-8-10-18(11-9-17)22-20-13-5-7-16-6-4-12-19-15-16/h4,6,8-12,15,20H,2-3,5,7,13-14H2,1H3. The van der Waals surface area contributed by atoms with E-state index in [2.05, 4.69) is 34.8 Å². The fourth-order valence-corrected chi connectivity index (χ4v) is 2.67. The number of ether oxygens (including phenoxy) is 1. The molecule has 2 aromatic rings. The van der Waals surface area contributed by atoms with Crippen molar-refractivity contribution in [2.45, 2.75) is 37.5 Å². The van der Waals surface area contributed by atoms with Crippen LogP contribution in [0.3, 0.4) is 0 Å². The predicted molar refractivity (Wildman–Crippen MR) is 93.3 cm³/mol. The smallest absolute Gasteiger partial charge is 0.119 e. The molecule has 0 fully saturated rings. The Kier molecular flexibility index (Phi) is 7.85. The van der Waals surface area contributed by atoms with E-state index in [0.717, 1.165) is 44.6 Å². The highest BCUT2D eigenvalue weighted by Gasteiger charge is 1.97. The Hall–Kier alpha value is -1.52. The van der Waals surface area contributed by atoms with Crippen LogP contribution in [0.25, 0.3) is 0 Å². The van der Waals surface area contributed by atoms with Gasteiger partial charge in [-0.1, -0.05) is 19.4 Å². The molecule has 2 rings (SSSR count). The molecule has 0 aliphatic heterocycles. The first-order chi connectivity index (χ1) is 10.9. The number of nitrogens with zero attached hydrogens (tertiary/aromatic N) is 1. The van der Waals surface area contributed by atoms with Gasteiger partial charge >= 0.3 is 0 Å². The summed E-state index contributed by atoms with van der Waals surface area (Å²) >= 11 is 1.67. The van der Waals surface area contributed by atoms with Crippen LogP contribution in [0.2, 0.25) is 0 Å². The van der Waals surface area contributed by atoms with Crippen molar-refractivity contribution in [2.24, 2.45) is 0 Å². The van der Waals surface area contributed by atoms with E-state index in [1.54, 1.807) is 11.9 Å². The van der Waals surface area contributed by atoms with Crippen LogP contribution in [0.15, 0.2) is 53.7 Å². The normalized spacial score (nSPS) is 10.6. The van der Waals surface area contributed by atoms with Crippen molar-refractivity contribution in [3.8, 4) is 5.75 Å². The minimum Gasteiger partial charge on any atom is -0.494 e. The second-order valence-electron chi connectivity index (χ2n) is 5.13. The largest absolute Gasteiger partial charge is 0.494 e. The van der Waals surface area contributed by atoms with Gasteiger partial charge in [-0.2, -0.15) is 0 Å². The Labute approximate surface area is 137 Å². The fraction of sp³-hybridized carbons (Fsp3) is 0.389. The predicted octanol–water partition coefficient (Wildman–Crippen LogP) is 4.49. The highest BCUT2D eigenvalue weighted by atomic mass is 32.2. The van der Waals surface area contributed by atoms with Gasteiger partial charge in [-0.3, -0.25) is 9.71 Å². The lowest BCUT2D eigenvalue weighted by molar-refractivity contribution is 0.309. The second-order valence-corrected chi connectivity index (χ2v) is 6.10. The number of nitrogens with one attached hydrogen (secondary N) is 1. The Morgan fingerprint density at radius 3 is 2.73 bits per heavy atom. The van der Waals surface area contributed by atoms with Gasteiger partial charge in [-0.05, 0) is 67.1 Å². The van der Waals surface area contributed by atoms with Gasteiger partial charge in [-0.25, -0.2) is 0 Å². The van der Waals surface area contributed by atoms with Crippen molar-refractivity contribution in [1.82, 2.24) is 9.71 Å². The summed E-state index contributed by atoms with van der Waals surface area (Å²) in [5, 5.41) is 0. The third-order valence-electron chi connectivity index (χ3n) is 3.25. The van der Waals surface area contributed by atoms with Crippen LogP contribution in [0.4, 0.5) is 0 Å². The van der Waals surface area contributed by atoms with Crippen LogP contribution in [0, 0.1) is 0 Å². The molecule has 0 saturated heterocycles. The number of pyridine rings is 1. The Balaban J connectivity index is 1.60. The van der Waals surface area contributed by atoms with Gasteiger partial charge in [0, 0.05) is 23.8 Å². The summed E-state index contributed by atoms with van der Waals surface area (Å²) in [4.78, 5) is 5.34. The first kappa shape index (κ1) is 16.8. The van der Waals surface area contributed by atoms with Gasteiger partial charge in [0.1, 0.15) is 5.75 Å². The average Bonchev–Trinajstić information content (AvgIpc) is 2.57. The summed E-state index contributed by atoms with van der Waals surface area (Å²) in [7, 11) is 0. The topological polar surface area (TPSA) is 34.1 Å². The van der Waals surface area contributed by atoms with Crippen molar-refractivity contribution in [1.29, 1.82) is 0 Å². The van der Waals surface area contributed by atoms with Crippen LogP contribution in [0.1, 0.15) is 31.7 Å². The summed E-state index contributed by atoms with van der Waals surface area (Å²) in [6, 6.07) is 12.4. The van der Waals surface area contributed by atoms with Gasteiger partial charge in [0.05, 0.1) is 6.61 Å². The van der Waals surface area contributed by atoms with E-state index in [1.807, 2.05) is 30.6 Å². The molecule has 0 spiro atoms. The van der Waals surface area contributed by atoms with E-state index in [9.17, 15) is 0 Å². The maximum Gasteiger partial charge on any atom is 0.119 e. The number of rotatable bonds is 10. The molecule has 0 amide bonds. The van der Waals surface area contributed by atoms with E-state index < -0.39 is 0 Å². The molecule has 1 aromatic heterocycles. The number of aromatic nitrogens is 1. The molecule has 4 heteroatoms. The number of unbranched alkanes of at least 4 members (excludes halogenated alkanes) is 1. The van der Waals surface area contributed by atoms with Crippen molar-refractivity contribution in [3.63, 3.8) is 0 Å². The minimum absolute atomic E-state index is 0.801. The fourth-order valence-electron chi connectivity index (χ4n) is 1.98. The number of aryl methyl sites for hydroxylation is 1. The lowest BCUT2D eigenvalue weighted by atomic mass is 10.2. The zero-order valence-electron chi connectivity index (χ0n) is 13.1. The SMILES string of the molecule is CCCCOc1ccc(SNCCCc2cccnc2)cc1. The maximum atomic E-state index is 5.66. The van der Waals surface area contributed by atoms with Crippen LogP contribution < -0.4 is 9.46 Å². The van der Waals surface area contributed by atoms with Gasteiger partial charge < -0.3 is 4.74 Å². The highest BCUT2D eigenvalue weighted by Crippen LogP contribution is 2.19. The first-order valence-corrected chi connectivity index (χ1v) is 8.71. The minimum atomic E-state index is 0.801. The van der Waals surface area contributed by atoms with E-state index in [1.165, 1.54) is 10.5 Å². The summed E-state index contributed by atoms with van der Waals surface area (Å²) in [6.45, 7) is 3.95. The monoisotopic (exact) mass is 316 g/mol. The first-order valence-electron chi connectivity index (χ1n) is 7.90. The van der Waals surface area contributed by atoms with E-state index in [4.69, 9.17) is 4.74 Å². The molecule has 0 saturated carbocycles. The molecular formula is C18H24N2OS. The van der Waals surface area contributed by atoms with Crippen molar-refractivity contribution in [2.75, 3.05) is 13.2 Å². The van der Waals surface area contributed by atoms with E-state index in [-0.39, 0.29) is 0 Å². The van der Waals surface area contributed by atoms with E-state index >= 15 is 0 Å². The summed E-state index contributed by atoms with van der Waals surface area (Å²) in [5.74, 6) is 0.953. The van der Waals surface area contributed by atoms with Gasteiger partial charge in [0.25, 0.3) is 0 Å². The van der Waals surface area contributed by atoms with Crippen LogP contribution >= 0.6 is 11.9 Å². The van der Waals surface area contributed by atoms with E-state index in [0.29, 0.717) is 0 Å². The highest BCUT2D eigenvalue weighted by molar-refractivity contribution is 7.97. The Bertz CT molecular complexity index is 516. The molecular weight excluding hydrogens is 292 g/mol. The van der Waals surface area contributed by atoms with Crippen molar-refractivity contribution in [3.05, 3.63) is 54.4 Å². The summed E-state index contributed by atoms with van der Waals surface area (Å²) in [6.07, 6.45) is 8.19. The summed E-state index contributed by atoms with van der Waals surface area (Å²) in [5.41, 5.74) is 1.29. The number of hydrogen-bond donors (Lipinski definition) is 1. The lowest BCUT2D eigenvalue weighted by Gasteiger charge is -2.07. The molecule has 0 bridgehead atoms. The Morgan fingerprint density at radius 1 is 1.14 bits per heavy atom. The lowest BCUT2D eigenvalue weighted by Crippen LogP contribution is -2.06.